The summed E-state index contributed by atoms with van der Waals surface area (Å²) >= 11 is 0. The number of benzene rings is 2. The number of hydrogen-bond donors (Lipinski definition) is 2. The van der Waals surface area contributed by atoms with Gasteiger partial charge in [-0.1, -0.05) is 30.3 Å². The van der Waals surface area contributed by atoms with Gasteiger partial charge in [0.05, 0.1) is 5.69 Å². The van der Waals surface area contributed by atoms with Crippen molar-refractivity contribution in [1.82, 2.24) is 5.32 Å². The Balaban J connectivity index is 1.81. The van der Waals surface area contributed by atoms with Crippen LogP contribution in [-0.4, -0.2) is 35.5 Å². The molecular formula is C21H22N2O5. The molecule has 0 saturated heterocycles. The van der Waals surface area contributed by atoms with Gasteiger partial charge in [-0.15, -0.1) is 0 Å². The van der Waals surface area contributed by atoms with Crippen LogP contribution in [0, 0.1) is 13.8 Å². The maximum atomic E-state index is 12.6. The predicted molar refractivity (Wildman–Crippen MR) is 103 cm³/mol. The number of fused-ring (bicyclic) bond motifs is 1. The molecule has 3 rings (SSSR count). The standard InChI is InChI=1S/C21H22N2O5/c1-12-8-9-15(10-13(12)2)19(21(26)27)22-18(24)11-23-16-6-4-5-7-17(16)28-14(3)20(23)25/h4-10,14,19H,11H2,1-3H3,(H,22,24)(H,26,27). The topological polar surface area (TPSA) is 95.9 Å². The van der Waals surface area contributed by atoms with Crippen LogP contribution in [0.5, 0.6) is 5.75 Å². The van der Waals surface area contributed by atoms with Gasteiger partial charge >= 0.3 is 5.97 Å². The van der Waals surface area contributed by atoms with Crippen LogP contribution in [0.25, 0.3) is 0 Å². The molecule has 0 spiro atoms. The fourth-order valence-corrected chi connectivity index (χ4v) is 3.10. The predicted octanol–water partition coefficient (Wildman–Crippen LogP) is 2.36. The molecule has 0 fully saturated rings. The molecule has 2 atom stereocenters. The molecular weight excluding hydrogens is 360 g/mol. The summed E-state index contributed by atoms with van der Waals surface area (Å²) < 4.78 is 5.55. The zero-order chi connectivity index (χ0) is 20.4. The number of anilines is 1. The summed E-state index contributed by atoms with van der Waals surface area (Å²) in [6.45, 7) is 5.12. The first-order valence-electron chi connectivity index (χ1n) is 8.94. The highest BCUT2D eigenvalue weighted by molar-refractivity contribution is 6.04. The first kappa shape index (κ1) is 19.4. The number of nitrogens with one attached hydrogen (secondary N) is 1. The van der Waals surface area contributed by atoms with Crippen LogP contribution in [0.1, 0.15) is 29.7 Å². The third kappa shape index (κ3) is 3.83. The number of rotatable bonds is 5. The molecule has 7 nitrogen and oxygen atoms in total. The van der Waals surface area contributed by atoms with E-state index in [0.717, 1.165) is 11.1 Å². The van der Waals surface area contributed by atoms with E-state index in [1.165, 1.54) is 4.90 Å². The molecule has 7 heteroatoms. The largest absolute Gasteiger partial charge is 0.479 e. The monoisotopic (exact) mass is 382 g/mol. The number of carboxylic acids is 1. The third-order valence-corrected chi connectivity index (χ3v) is 4.79. The van der Waals surface area contributed by atoms with E-state index in [0.29, 0.717) is 17.0 Å². The van der Waals surface area contributed by atoms with Crippen molar-refractivity contribution >= 4 is 23.5 Å². The zero-order valence-electron chi connectivity index (χ0n) is 15.9. The highest BCUT2D eigenvalue weighted by atomic mass is 16.5. The molecule has 2 unspecified atom stereocenters. The Hall–Kier alpha value is -3.35. The minimum atomic E-state index is -1.20. The maximum Gasteiger partial charge on any atom is 0.330 e. The highest BCUT2D eigenvalue weighted by Gasteiger charge is 2.33. The summed E-state index contributed by atoms with van der Waals surface area (Å²) in [5.41, 5.74) is 2.93. The van der Waals surface area contributed by atoms with E-state index in [9.17, 15) is 19.5 Å². The number of aryl methyl sites for hydroxylation is 2. The van der Waals surface area contributed by atoms with Crippen LogP contribution in [0.4, 0.5) is 5.69 Å². The van der Waals surface area contributed by atoms with Gasteiger partial charge in [-0.3, -0.25) is 14.5 Å². The summed E-state index contributed by atoms with van der Waals surface area (Å²) in [5, 5.41) is 12.1. The summed E-state index contributed by atoms with van der Waals surface area (Å²) in [7, 11) is 0. The summed E-state index contributed by atoms with van der Waals surface area (Å²) in [5.74, 6) is -1.58. The van der Waals surface area contributed by atoms with Gasteiger partial charge in [0.2, 0.25) is 5.91 Å². The molecule has 146 valence electrons. The number of amides is 2. The van der Waals surface area contributed by atoms with E-state index < -0.39 is 24.0 Å². The fraction of sp³-hybridized carbons (Fsp3) is 0.286. The van der Waals surface area contributed by atoms with Crippen LogP contribution in [0.3, 0.4) is 0 Å². The van der Waals surface area contributed by atoms with Crippen molar-refractivity contribution < 1.29 is 24.2 Å². The molecule has 2 aromatic carbocycles. The second kappa shape index (κ2) is 7.72. The average molecular weight is 382 g/mol. The molecule has 0 saturated carbocycles. The molecule has 28 heavy (non-hydrogen) atoms. The fourth-order valence-electron chi connectivity index (χ4n) is 3.10. The van der Waals surface area contributed by atoms with Crippen molar-refractivity contribution in [2.75, 3.05) is 11.4 Å². The molecule has 1 heterocycles. The number of aliphatic carboxylic acids is 1. The molecule has 0 radical (unpaired) electrons. The van der Waals surface area contributed by atoms with E-state index in [-0.39, 0.29) is 12.5 Å². The van der Waals surface area contributed by atoms with Crippen molar-refractivity contribution in [3.05, 3.63) is 59.2 Å². The Morgan fingerprint density at radius 1 is 1.18 bits per heavy atom. The number of para-hydroxylation sites is 2. The van der Waals surface area contributed by atoms with Crippen LogP contribution < -0.4 is 15.0 Å². The molecule has 0 aromatic heterocycles. The molecule has 2 N–H and O–H groups in total. The first-order valence-corrected chi connectivity index (χ1v) is 8.94. The van der Waals surface area contributed by atoms with Crippen molar-refractivity contribution in [2.24, 2.45) is 0 Å². The molecule has 2 amide bonds. The molecule has 0 aliphatic carbocycles. The van der Waals surface area contributed by atoms with E-state index in [2.05, 4.69) is 5.32 Å². The smallest absolute Gasteiger partial charge is 0.330 e. The van der Waals surface area contributed by atoms with Gasteiger partial charge in [0.1, 0.15) is 12.3 Å². The first-order chi connectivity index (χ1) is 13.3. The van der Waals surface area contributed by atoms with Gasteiger partial charge in [-0.05, 0) is 49.6 Å². The van der Waals surface area contributed by atoms with Crippen LogP contribution in [0.2, 0.25) is 0 Å². The number of ether oxygens (including phenoxy) is 1. The second-order valence-electron chi connectivity index (χ2n) is 6.83. The lowest BCUT2D eigenvalue weighted by Crippen LogP contribution is -2.49. The van der Waals surface area contributed by atoms with Crippen molar-refractivity contribution in [2.45, 2.75) is 32.9 Å². The van der Waals surface area contributed by atoms with Crippen molar-refractivity contribution in [1.29, 1.82) is 0 Å². The summed E-state index contributed by atoms with van der Waals surface area (Å²) in [6.07, 6.45) is -0.724. The lowest BCUT2D eigenvalue weighted by molar-refractivity contribution is -0.141. The van der Waals surface area contributed by atoms with Gasteiger partial charge in [-0.25, -0.2) is 4.79 Å². The number of hydrogen-bond acceptors (Lipinski definition) is 4. The Morgan fingerprint density at radius 2 is 1.89 bits per heavy atom. The minimum Gasteiger partial charge on any atom is -0.479 e. The van der Waals surface area contributed by atoms with Crippen molar-refractivity contribution in [3.8, 4) is 5.75 Å². The average Bonchev–Trinajstić information content (AvgIpc) is 2.65. The van der Waals surface area contributed by atoms with Crippen molar-refractivity contribution in [3.63, 3.8) is 0 Å². The van der Waals surface area contributed by atoms with E-state index >= 15 is 0 Å². The molecule has 1 aliphatic rings. The van der Waals surface area contributed by atoms with E-state index in [1.54, 1.807) is 43.3 Å². The van der Waals surface area contributed by atoms with Crippen LogP contribution in [-0.2, 0) is 14.4 Å². The van der Waals surface area contributed by atoms with E-state index in [1.807, 2.05) is 19.9 Å². The normalized spacial score (nSPS) is 16.8. The van der Waals surface area contributed by atoms with Crippen LogP contribution >= 0.6 is 0 Å². The molecule has 0 bridgehead atoms. The number of nitrogens with zero attached hydrogens (tertiary/aromatic N) is 1. The van der Waals surface area contributed by atoms with Gasteiger partial charge < -0.3 is 15.2 Å². The zero-order valence-corrected chi connectivity index (χ0v) is 15.9. The van der Waals surface area contributed by atoms with Gasteiger partial charge in [0, 0.05) is 0 Å². The Morgan fingerprint density at radius 3 is 2.57 bits per heavy atom. The number of carboxylic acid groups (broad SMARTS) is 1. The molecule has 2 aromatic rings. The Kier molecular flexibility index (Phi) is 5.35. The molecule has 1 aliphatic heterocycles. The number of carbonyl (C=O) groups excluding carboxylic acids is 2. The van der Waals surface area contributed by atoms with Gasteiger partial charge in [0.15, 0.2) is 12.1 Å². The number of carbonyl (C=O) groups is 3. The van der Waals surface area contributed by atoms with Gasteiger partial charge in [0.25, 0.3) is 5.91 Å². The quantitative estimate of drug-likeness (QED) is 0.828. The maximum absolute atomic E-state index is 12.6. The Bertz CT molecular complexity index is 940. The lowest BCUT2D eigenvalue weighted by Gasteiger charge is -2.32. The summed E-state index contributed by atoms with van der Waals surface area (Å²) in [4.78, 5) is 38.1. The SMILES string of the molecule is Cc1ccc(C(NC(=O)CN2C(=O)C(C)Oc3ccccc32)C(=O)O)cc1C. The lowest BCUT2D eigenvalue weighted by atomic mass is 10.0. The van der Waals surface area contributed by atoms with Crippen LogP contribution in [0.15, 0.2) is 42.5 Å². The Labute approximate surface area is 162 Å². The minimum absolute atomic E-state index is 0.293. The second-order valence-corrected chi connectivity index (χ2v) is 6.83. The summed E-state index contributed by atoms with van der Waals surface area (Å²) in [6, 6.07) is 11.0. The van der Waals surface area contributed by atoms with E-state index in [4.69, 9.17) is 4.74 Å². The third-order valence-electron chi connectivity index (χ3n) is 4.79. The highest BCUT2D eigenvalue weighted by Crippen LogP contribution is 2.33. The van der Waals surface area contributed by atoms with Gasteiger partial charge in [-0.2, -0.15) is 0 Å².